The van der Waals surface area contributed by atoms with Gasteiger partial charge in [-0.3, -0.25) is 9.69 Å². The van der Waals surface area contributed by atoms with Gasteiger partial charge < -0.3 is 5.32 Å². The molecule has 1 aromatic carbocycles. The Morgan fingerprint density at radius 2 is 2.18 bits per heavy atom. The highest BCUT2D eigenvalue weighted by Gasteiger charge is 2.20. The summed E-state index contributed by atoms with van der Waals surface area (Å²) in [5.41, 5.74) is 0.997. The first kappa shape index (κ1) is 17.6. The predicted molar refractivity (Wildman–Crippen MR) is 92.5 cm³/mol. The Kier molecular flexibility index (Phi) is 6.54. The van der Waals surface area contributed by atoms with Crippen molar-refractivity contribution in [3.8, 4) is 0 Å². The molecule has 122 valence electrons. The summed E-state index contributed by atoms with van der Waals surface area (Å²) in [6.45, 7) is 6.80. The van der Waals surface area contributed by atoms with Crippen molar-refractivity contribution in [1.29, 1.82) is 0 Å². The molecule has 1 N–H and O–H groups in total. The zero-order valence-corrected chi connectivity index (χ0v) is 14.8. The largest absolute Gasteiger partial charge is 0.348 e. The number of hydrogen-bond acceptors (Lipinski definition) is 2. The van der Waals surface area contributed by atoms with E-state index >= 15 is 0 Å². The van der Waals surface area contributed by atoms with Crippen molar-refractivity contribution < 1.29 is 4.79 Å². The lowest BCUT2D eigenvalue weighted by molar-refractivity contribution is -0.123. The Morgan fingerprint density at radius 1 is 1.41 bits per heavy atom. The van der Waals surface area contributed by atoms with Crippen molar-refractivity contribution in [2.75, 3.05) is 19.6 Å². The molecule has 2 atom stereocenters. The van der Waals surface area contributed by atoms with E-state index in [-0.39, 0.29) is 11.9 Å². The van der Waals surface area contributed by atoms with Crippen molar-refractivity contribution in [3.05, 3.63) is 33.8 Å². The number of amides is 1. The van der Waals surface area contributed by atoms with E-state index in [2.05, 4.69) is 24.1 Å². The van der Waals surface area contributed by atoms with Crippen molar-refractivity contribution in [2.45, 2.75) is 39.2 Å². The SMILES string of the molecule is CCC(NC(=O)CN1CCCC(C)C1)c1ccc(Cl)c(Cl)c1. The highest BCUT2D eigenvalue weighted by atomic mass is 35.5. The molecule has 5 heteroatoms. The molecule has 0 radical (unpaired) electrons. The van der Waals surface area contributed by atoms with Crippen LogP contribution < -0.4 is 5.32 Å². The van der Waals surface area contributed by atoms with Gasteiger partial charge in [-0.1, -0.05) is 43.1 Å². The molecule has 1 fully saturated rings. The molecule has 1 aliphatic heterocycles. The van der Waals surface area contributed by atoms with Gasteiger partial charge in [-0.05, 0) is 49.4 Å². The van der Waals surface area contributed by atoms with Gasteiger partial charge in [0.05, 0.1) is 22.6 Å². The van der Waals surface area contributed by atoms with Crippen molar-refractivity contribution in [1.82, 2.24) is 10.2 Å². The highest BCUT2D eigenvalue weighted by molar-refractivity contribution is 6.42. The average Bonchev–Trinajstić information content (AvgIpc) is 2.48. The number of halogens is 2. The Balaban J connectivity index is 1.94. The first-order valence-electron chi connectivity index (χ1n) is 7.96. The molecule has 2 rings (SSSR count). The summed E-state index contributed by atoms with van der Waals surface area (Å²) in [6, 6.07) is 5.51. The zero-order valence-electron chi connectivity index (χ0n) is 13.2. The first-order chi connectivity index (χ1) is 10.5. The van der Waals surface area contributed by atoms with Gasteiger partial charge in [0.15, 0.2) is 0 Å². The van der Waals surface area contributed by atoms with Crippen LogP contribution in [0, 0.1) is 5.92 Å². The number of nitrogens with one attached hydrogen (secondary N) is 1. The monoisotopic (exact) mass is 342 g/mol. The van der Waals surface area contributed by atoms with Crippen LogP contribution >= 0.6 is 23.2 Å². The summed E-state index contributed by atoms with van der Waals surface area (Å²) in [4.78, 5) is 14.5. The molecule has 0 aromatic heterocycles. The average molecular weight is 343 g/mol. The van der Waals surface area contributed by atoms with Crippen LogP contribution in [0.5, 0.6) is 0 Å². The molecule has 0 spiro atoms. The van der Waals surface area contributed by atoms with Crippen molar-refractivity contribution in [3.63, 3.8) is 0 Å². The third kappa shape index (κ3) is 4.87. The van der Waals surface area contributed by atoms with Gasteiger partial charge in [0.2, 0.25) is 5.91 Å². The normalized spacial score (nSPS) is 20.6. The number of benzene rings is 1. The summed E-state index contributed by atoms with van der Waals surface area (Å²) < 4.78 is 0. The molecule has 1 saturated heterocycles. The molecule has 22 heavy (non-hydrogen) atoms. The van der Waals surface area contributed by atoms with Crippen LogP contribution in [0.1, 0.15) is 44.7 Å². The second-order valence-corrected chi connectivity index (χ2v) is 7.00. The topological polar surface area (TPSA) is 32.3 Å². The van der Waals surface area contributed by atoms with Crippen LogP contribution in [0.3, 0.4) is 0 Å². The van der Waals surface area contributed by atoms with E-state index in [9.17, 15) is 4.79 Å². The van der Waals surface area contributed by atoms with E-state index in [1.54, 1.807) is 6.07 Å². The lowest BCUT2D eigenvalue weighted by Crippen LogP contribution is -2.42. The maximum absolute atomic E-state index is 12.3. The van der Waals surface area contributed by atoms with E-state index in [4.69, 9.17) is 23.2 Å². The molecular formula is C17H24Cl2N2O. The number of rotatable bonds is 5. The molecule has 1 heterocycles. The summed E-state index contributed by atoms with van der Waals surface area (Å²) in [6.07, 6.45) is 3.26. The lowest BCUT2D eigenvalue weighted by atomic mass is 10.0. The molecular weight excluding hydrogens is 319 g/mol. The number of carbonyl (C=O) groups excluding carboxylic acids is 1. The Morgan fingerprint density at radius 3 is 2.82 bits per heavy atom. The molecule has 1 amide bonds. The Bertz CT molecular complexity index is 521. The fourth-order valence-electron chi connectivity index (χ4n) is 3.02. The Labute approximate surface area is 143 Å². The minimum atomic E-state index is -0.0236. The van der Waals surface area contributed by atoms with Gasteiger partial charge in [0.25, 0.3) is 0 Å². The zero-order chi connectivity index (χ0) is 16.1. The van der Waals surface area contributed by atoms with Gasteiger partial charge in [-0.2, -0.15) is 0 Å². The molecule has 0 aliphatic carbocycles. The number of likely N-dealkylation sites (tertiary alicyclic amines) is 1. The van der Waals surface area contributed by atoms with Gasteiger partial charge in [-0.15, -0.1) is 0 Å². The highest BCUT2D eigenvalue weighted by Crippen LogP contribution is 2.27. The standard InChI is InChI=1S/C17H24Cl2N2O/c1-3-16(13-6-7-14(18)15(19)9-13)20-17(22)11-21-8-4-5-12(2)10-21/h6-7,9,12,16H,3-5,8,10-11H2,1-2H3,(H,20,22). The minimum absolute atomic E-state index is 0.0236. The predicted octanol–water partition coefficient (Wildman–Crippen LogP) is 4.29. The summed E-state index contributed by atoms with van der Waals surface area (Å²) in [7, 11) is 0. The maximum Gasteiger partial charge on any atom is 0.234 e. The van der Waals surface area contributed by atoms with E-state index in [0.29, 0.717) is 22.5 Å². The van der Waals surface area contributed by atoms with Crippen LogP contribution in [0.4, 0.5) is 0 Å². The summed E-state index contributed by atoms with van der Waals surface area (Å²) in [5.74, 6) is 0.755. The maximum atomic E-state index is 12.3. The molecule has 1 aliphatic rings. The fraction of sp³-hybridized carbons (Fsp3) is 0.588. The third-order valence-electron chi connectivity index (χ3n) is 4.20. The summed E-state index contributed by atoms with van der Waals surface area (Å²) in [5, 5.41) is 4.17. The molecule has 0 saturated carbocycles. The minimum Gasteiger partial charge on any atom is -0.348 e. The van der Waals surface area contributed by atoms with Gasteiger partial charge in [-0.25, -0.2) is 0 Å². The van der Waals surface area contributed by atoms with Gasteiger partial charge in [0, 0.05) is 6.54 Å². The first-order valence-corrected chi connectivity index (χ1v) is 8.71. The fourth-order valence-corrected chi connectivity index (χ4v) is 3.33. The number of hydrogen-bond donors (Lipinski definition) is 1. The second kappa shape index (κ2) is 8.19. The smallest absolute Gasteiger partial charge is 0.234 e. The van der Waals surface area contributed by atoms with Gasteiger partial charge >= 0.3 is 0 Å². The van der Waals surface area contributed by atoms with Crippen LogP contribution in [0.25, 0.3) is 0 Å². The van der Waals surface area contributed by atoms with E-state index in [1.807, 2.05) is 12.1 Å². The van der Waals surface area contributed by atoms with Crippen LogP contribution in [-0.2, 0) is 4.79 Å². The second-order valence-electron chi connectivity index (χ2n) is 6.18. The number of piperidine rings is 1. The Hall–Kier alpha value is -0.770. The number of carbonyl (C=O) groups is 1. The third-order valence-corrected chi connectivity index (χ3v) is 4.94. The number of nitrogens with zero attached hydrogens (tertiary/aromatic N) is 1. The molecule has 1 aromatic rings. The van der Waals surface area contributed by atoms with Crippen LogP contribution in [0.2, 0.25) is 10.0 Å². The molecule has 0 bridgehead atoms. The quantitative estimate of drug-likeness (QED) is 0.865. The van der Waals surface area contributed by atoms with E-state index in [0.717, 1.165) is 25.1 Å². The van der Waals surface area contributed by atoms with Crippen LogP contribution in [0.15, 0.2) is 18.2 Å². The van der Waals surface area contributed by atoms with Crippen LogP contribution in [-0.4, -0.2) is 30.4 Å². The van der Waals surface area contributed by atoms with Gasteiger partial charge in [0.1, 0.15) is 0 Å². The summed E-state index contributed by atoms with van der Waals surface area (Å²) >= 11 is 12.0. The van der Waals surface area contributed by atoms with Crippen molar-refractivity contribution >= 4 is 29.1 Å². The lowest BCUT2D eigenvalue weighted by Gasteiger charge is -2.30. The molecule has 2 unspecified atom stereocenters. The van der Waals surface area contributed by atoms with Crippen molar-refractivity contribution in [2.24, 2.45) is 5.92 Å². The van der Waals surface area contributed by atoms with E-state index in [1.165, 1.54) is 12.8 Å². The van der Waals surface area contributed by atoms with E-state index < -0.39 is 0 Å². The molecule has 3 nitrogen and oxygen atoms in total.